The van der Waals surface area contributed by atoms with Gasteiger partial charge in [-0.2, -0.15) is 4.98 Å². The molecule has 8 nitrogen and oxygen atoms in total. The number of piperazine rings is 1. The largest absolute Gasteiger partial charge is 0.353 e. The Hall–Kier alpha value is -1.96. The number of nitrogens with zero attached hydrogens (tertiary/aromatic N) is 2. The fourth-order valence-electron chi connectivity index (χ4n) is 1.45. The summed E-state index contributed by atoms with van der Waals surface area (Å²) in [4.78, 5) is 26.5. The zero-order chi connectivity index (χ0) is 12.3. The van der Waals surface area contributed by atoms with Crippen molar-refractivity contribution in [1.82, 2.24) is 26.1 Å². The number of rotatable bonds is 3. The molecule has 0 bridgehead atoms. The van der Waals surface area contributed by atoms with Crippen molar-refractivity contribution in [2.45, 2.75) is 19.5 Å². The first-order valence-corrected chi connectivity index (χ1v) is 5.22. The number of amides is 2. The second-order valence-electron chi connectivity index (χ2n) is 3.68. The Morgan fingerprint density at radius 1 is 1.65 bits per heavy atom. The maximum atomic E-state index is 11.7. The molecule has 0 radical (unpaired) electrons. The minimum atomic E-state index is -0.416. The molecule has 1 fully saturated rings. The average molecular weight is 239 g/mol. The Morgan fingerprint density at radius 3 is 3.06 bits per heavy atom. The molecule has 0 aromatic carbocycles. The molecule has 1 aliphatic rings. The Morgan fingerprint density at radius 2 is 2.47 bits per heavy atom. The number of carbonyl (C=O) groups is 2. The molecule has 1 unspecified atom stereocenters. The topological polar surface area (TPSA) is 109 Å². The number of aromatic nitrogens is 2. The highest BCUT2D eigenvalue weighted by atomic mass is 16.5. The molecule has 8 heteroatoms. The summed E-state index contributed by atoms with van der Waals surface area (Å²) in [7, 11) is 0. The van der Waals surface area contributed by atoms with Crippen LogP contribution >= 0.6 is 0 Å². The lowest BCUT2D eigenvalue weighted by Crippen LogP contribution is -2.57. The van der Waals surface area contributed by atoms with Crippen molar-refractivity contribution < 1.29 is 14.1 Å². The molecule has 0 aliphatic carbocycles. The monoisotopic (exact) mass is 239 g/mol. The fraction of sp³-hybridized carbons (Fsp3) is 0.556. The van der Waals surface area contributed by atoms with Crippen molar-refractivity contribution in [3.63, 3.8) is 0 Å². The maximum Gasteiger partial charge on any atom is 0.239 e. The van der Waals surface area contributed by atoms with E-state index in [2.05, 4.69) is 26.1 Å². The van der Waals surface area contributed by atoms with Gasteiger partial charge in [0.25, 0.3) is 0 Å². The molecule has 1 aromatic rings. The Balaban J connectivity index is 1.79. The molecule has 1 atom stereocenters. The van der Waals surface area contributed by atoms with Gasteiger partial charge in [0.15, 0.2) is 5.82 Å². The molecule has 2 heterocycles. The van der Waals surface area contributed by atoms with E-state index in [4.69, 9.17) is 4.52 Å². The van der Waals surface area contributed by atoms with Crippen LogP contribution in [-0.2, 0) is 16.1 Å². The summed E-state index contributed by atoms with van der Waals surface area (Å²) >= 11 is 0. The van der Waals surface area contributed by atoms with E-state index >= 15 is 0 Å². The fourth-order valence-corrected chi connectivity index (χ4v) is 1.45. The third-order valence-electron chi connectivity index (χ3n) is 2.32. The molecule has 17 heavy (non-hydrogen) atoms. The molecule has 2 rings (SSSR count). The zero-order valence-corrected chi connectivity index (χ0v) is 9.32. The van der Waals surface area contributed by atoms with Crippen LogP contribution in [0.15, 0.2) is 4.52 Å². The van der Waals surface area contributed by atoms with Crippen molar-refractivity contribution in [3.05, 3.63) is 11.7 Å². The van der Waals surface area contributed by atoms with Crippen molar-refractivity contribution in [2.75, 3.05) is 13.1 Å². The van der Waals surface area contributed by atoms with Crippen LogP contribution in [0.3, 0.4) is 0 Å². The first kappa shape index (κ1) is 11.5. The van der Waals surface area contributed by atoms with E-state index in [1.807, 2.05) is 0 Å². The molecule has 3 N–H and O–H groups in total. The summed E-state index contributed by atoms with van der Waals surface area (Å²) in [6.07, 6.45) is 0. The Kier molecular flexibility index (Phi) is 3.33. The van der Waals surface area contributed by atoms with E-state index in [9.17, 15) is 9.59 Å². The molecule has 0 saturated carbocycles. The van der Waals surface area contributed by atoms with Gasteiger partial charge >= 0.3 is 0 Å². The Labute approximate surface area is 97.1 Å². The lowest BCUT2D eigenvalue weighted by atomic mass is 10.2. The predicted molar refractivity (Wildman–Crippen MR) is 55.7 cm³/mol. The summed E-state index contributed by atoms with van der Waals surface area (Å²) in [5, 5.41) is 11.7. The van der Waals surface area contributed by atoms with Gasteiger partial charge in [0.2, 0.25) is 17.7 Å². The van der Waals surface area contributed by atoms with E-state index in [-0.39, 0.29) is 31.4 Å². The van der Waals surface area contributed by atoms with Crippen molar-refractivity contribution in [3.8, 4) is 0 Å². The maximum absolute atomic E-state index is 11.7. The summed E-state index contributed by atoms with van der Waals surface area (Å²) in [6.45, 7) is 2.33. The smallest absolute Gasteiger partial charge is 0.239 e. The normalized spacial score (nSPS) is 19.8. The third kappa shape index (κ3) is 3.00. The van der Waals surface area contributed by atoms with Gasteiger partial charge in [-0.15, -0.1) is 0 Å². The highest BCUT2D eigenvalue weighted by molar-refractivity contribution is 5.86. The van der Waals surface area contributed by atoms with E-state index in [1.54, 1.807) is 6.92 Å². The number of hydrogen-bond acceptors (Lipinski definition) is 6. The molecule has 0 spiro atoms. The predicted octanol–water partition coefficient (Wildman–Crippen LogP) is -1.92. The number of hydrogen-bond donors (Lipinski definition) is 3. The van der Waals surface area contributed by atoms with Gasteiger partial charge in [0.05, 0.1) is 13.1 Å². The van der Waals surface area contributed by atoms with Crippen LogP contribution in [-0.4, -0.2) is 41.1 Å². The van der Waals surface area contributed by atoms with Crippen LogP contribution in [0.2, 0.25) is 0 Å². The standard InChI is InChI=1S/C9H13N5O3/c1-5-13-7(14-17-5)3-12-9(16)6-2-11-8(15)4-10-6/h6,10H,2-4H2,1H3,(H,11,15)(H,12,16). The van der Waals surface area contributed by atoms with Crippen molar-refractivity contribution in [2.24, 2.45) is 0 Å². The first-order chi connectivity index (χ1) is 8.15. The quantitative estimate of drug-likeness (QED) is 0.567. The summed E-state index contributed by atoms with van der Waals surface area (Å²) in [5.74, 6) is 0.572. The number of nitrogens with one attached hydrogen (secondary N) is 3. The van der Waals surface area contributed by atoms with E-state index in [0.29, 0.717) is 11.7 Å². The van der Waals surface area contributed by atoms with Gasteiger partial charge in [-0.25, -0.2) is 0 Å². The first-order valence-electron chi connectivity index (χ1n) is 5.22. The second-order valence-corrected chi connectivity index (χ2v) is 3.68. The van der Waals surface area contributed by atoms with E-state index in [0.717, 1.165) is 0 Å². The van der Waals surface area contributed by atoms with Gasteiger partial charge in [-0.05, 0) is 0 Å². The molecular weight excluding hydrogens is 226 g/mol. The van der Waals surface area contributed by atoms with Crippen LogP contribution in [0.4, 0.5) is 0 Å². The zero-order valence-electron chi connectivity index (χ0n) is 9.32. The number of carbonyl (C=O) groups excluding carboxylic acids is 2. The summed E-state index contributed by atoms with van der Waals surface area (Å²) in [6, 6.07) is -0.416. The van der Waals surface area contributed by atoms with Crippen LogP contribution < -0.4 is 16.0 Å². The highest BCUT2D eigenvalue weighted by Gasteiger charge is 2.23. The minimum Gasteiger partial charge on any atom is -0.353 e. The van der Waals surface area contributed by atoms with Gasteiger partial charge in [-0.1, -0.05) is 5.16 Å². The van der Waals surface area contributed by atoms with E-state index in [1.165, 1.54) is 0 Å². The van der Waals surface area contributed by atoms with Crippen LogP contribution in [0.25, 0.3) is 0 Å². The van der Waals surface area contributed by atoms with Crippen LogP contribution in [0.1, 0.15) is 11.7 Å². The molecule has 1 aliphatic heterocycles. The molecule has 2 amide bonds. The van der Waals surface area contributed by atoms with Crippen LogP contribution in [0.5, 0.6) is 0 Å². The van der Waals surface area contributed by atoms with Gasteiger partial charge in [0, 0.05) is 13.5 Å². The van der Waals surface area contributed by atoms with Crippen molar-refractivity contribution in [1.29, 1.82) is 0 Å². The SMILES string of the molecule is Cc1nc(CNC(=O)C2CNC(=O)CN2)no1. The molecule has 92 valence electrons. The van der Waals surface area contributed by atoms with Gasteiger partial charge in [-0.3, -0.25) is 14.9 Å². The summed E-state index contributed by atoms with van der Waals surface area (Å²) in [5.41, 5.74) is 0. The lowest BCUT2D eigenvalue weighted by Gasteiger charge is -2.22. The average Bonchev–Trinajstić information content (AvgIpc) is 2.73. The lowest BCUT2D eigenvalue weighted by molar-refractivity contribution is -0.126. The third-order valence-corrected chi connectivity index (χ3v) is 2.32. The molecule has 1 aromatic heterocycles. The number of aryl methyl sites for hydroxylation is 1. The summed E-state index contributed by atoms with van der Waals surface area (Å²) < 4.78 is 4.77. The Bertz CT molecular complexity index is 420. The van der Waals surface area contributed by atoms with Crippen molar-refractivity contribution >= 4 is 11.8 Å². The minimum absolute atomic E-state index is 0.108. The second kappa shape index (κ2) is 4.91. The molecule has 1 saturated heterocycles. The van der Waals surface area contributed by atoms with Crippen LogP contribution in [0, 0.1) is 6.92 Å². The molecular formula is C9H13N5O3. The van der Waals surface area contributed by atoms with Gasteiger partial charge in [0.1, 0.15) is 6.04 Å². The highest BCUT2D eigenvalue weighted by Crippen LogP contribution is 1.95. The van der Waals surface area contributed by atoms with E-state index < -0.39 is 6.04 Å². The van der Waals surface area contributed by atoms with Gasteiger partial charge < -0.3 is 15.2 Å².